The normalized spacial score (nSPS) is 11.4. The fourth-order valence-corrected chi connectivity index (χ4v) is 2.51. The van der Waals surface area contributed by atoms with Gasteiger partial charge in [0.1, 0.15) is 10.6 Å². The standard InChI is InChI=1S/C11H7F3N2O4S/c12-6-1-2-7(10(14)9(6)13)16-21(19,20)5-3-8(11(17)18)15-4-5/h1-4,15-16H,(H,17,18). The average molecular weight is 320 g/mol. The van der Waals surface area contributed by atoms with Crippen molar-refractivity contribution in [1.29, 1.82) is 0 Å². The van der Waals surface area contributed by atoms with E-state index in [0.29, 0.717) is 12.1 Å². The third-order valence-electron chi connectivity index (χ3n) is 2.48. The zero-order chi connectivity index (χ0) is 15.8. The van der Waals surface area contributed by atoms with Gasteiger partial charge in [-0.1, -0.05) is 0 Å². The molecule has 2 aromatic rings. The van der Waals surface area contributed by atoms with Gasteiger partial charge in [-0.15, -0.1) is 0 Å². The Labute approximate surface area is 116 Å². The highest BCUT2D eigenvalue weighted by atomic mass is 32.2. The number of halogens is 3. The summed E-state index contributed by atoms with van der Waals surface area (Å²) in [4.78, 5) is 12.3. The molecular weight excluding hydrogens is 313 g/mol. The first-order valence-electron chi connectivity index (χ1n) is 5.30. The summed E-state index contributed by atoms with van der Waals surface area (Å²) in [6, 6.07) is 2.05. The molecule has 0 fully saturated rings. The molecular formula is C11H7F3N2O4S. The van der Waals surface area contributed by atoms with Crippen LogP contribution in [0.4, 0.5) is 18.9 Å². The zero-order valence-electron chi connectivity index (χ0n) is 10.0. The lowest BCUT2D eigenvalue weighted by Gasteiger charge is -2.08. The molecule has 0 unspecified atom stereocenters. The number of aromatic nitrogens is 1. The van der Waals surface area contributed by atoms with Crippen LogP contribution in [0, 0.1) is 17.5 Å². The molecule has 21 heavy (non-hydrogen) atoms. The number of aromatic carboxylic acids is 1. The maximum absolute atomic E-state index is 13.4. The number of rotatable bonds is 4. The van der Waals surface area contributed by atoms with Crippen molar-refractivity contribution < 1.29 is 31.5 Å². The molecule has 0 spiro atoms. The van der Waals surface area contributed by atoms with Gasteiger partial charge in [0.25, 0.3) is 10.0 Å². The predicted octanol–water partition coefficient (Wildman–Crippen LogP) is 1.93. The van der Waals surface area contributed by atoms with Gasteiger partial charge >= 0.3 is 5.97 Å². The van der Waals surface area contributed by atoms with Crippen LogP contribution < -0.4 is 4.72 Å². The van der Waals surface area contributed by atoms with E-state index in [1.54, 1.807) is 4.72 Å². The molecule has 0 bridgehead atoms. The summed E-state index contributed by atoms with van der Waals surface area (Å²) in [7, 11) is -4.35. The molecule has 1 aromatic heterocycles. The number of carboxylic acid groups (broad SMARTS) is 1. The fourth-order valence-electron chi connectivity index (χ4n) is 1.46. The Kier molecular flexibility index (Phi) is 3.64. The van der Waals surface area contributed by atoms with Gasteiger partial charge < -0.3 is 10.1 Å². The third-order valence-corrected chi connectivity index (χ3v) is 3.82. The van der Waals surface area contributed by atoms with Crippen molar-refractivity contribution in [3.8, 4) is 0 Å². The molecule has 0 saturated heterocycles. The van der Waals surface area contributed by atoms with Crippen molar-refractivity contribution in [1.82, 2.24) is 4.98 Å². The van der Waals surface area contributed by atoms with E-state index in [9.17, 15) is 26.4 Å². The van der Waals surface area contributed by atoms with Crippen LogP contribution in [0.25, 0.3) is 0 Å². The van der Waals surface area contributed by atoms with E-state index in [1.807, 2.05) is 0 Å². The first kappa shape index (κ1) is 14.9. The van der Waals surface area contributed by atoms with Gasteiger partial charge in [0.05, 0.1) is 5.69 Å². The number of benzene rings is 1. The van der Waals surface area contributed by atoms with Gasteiger partial charge in [0, 0.05) is 6.20 Å². The van der Waals surface area contributed by atoms with Gasteiger partial charge in [0.2, 0.25) is 0 Å². The average Bonchev–Trinajstić information content (AvgIpc) is 2.90. The number of carbonyl (C=O) groups is 1. The van der Waals surface area contributed by atoms with Crippen LogP contribution >= 0.6 is 0 Å². The lowest BCUT2D eigenvalue weighted by atomic mass is 10.3. The molecule has 2 rings (SSSR count). The zero-order valence-corrected chi connectivity index (χ0v) is 10.8. The van der Waals surface area contributed by atoms with Crippen molar-refractivity contribution in [3.63, 3.8) is 0 Å². The van der Waals surface area contributed by atoms with E-state index < -0.39 is 49.7 Å². The van der Waals surface area contributed by atoms with E-state index in [4.69, 9.17) is 5.11 Å². The van der Waals surface area contributed by atoms with E-state index in [1.165, 1.54) is 0 Å². The number of aromatic amines is 1. The summed E-state index contributed by atoms with van der Waals surface area (Å²) in [5, 5.41) is 8.67. The van der Waals surface area contributed by atoms with Gasteiger partial charge in [0.15, 0.2) is 17.5 Å². The molecule has 0 aliphatic rings. The van der Waals surface area contributed by atoms with Crippen molar-refractivity contribution in [2.75, 3.05) is 4.72 Å². The van der Waals surface area contributed by atoms with E-state index in [2.05, 4.69) is 4.98 Å². The second-order valence-corrected chi connectivity index (χ2v) is 5.57. The first-order chi connectivity index (χ1) is 9.72. The van der Waals surface area contributed by atoms with E-state index in [-0.39, 0.29) is 0 Å². The summed E-state index contributed by atoms with van der Waals surface area (Å²) in [5.41, 5.74) is -1.20. The maximum Gasteiger partial charge on any atom is 0.352 e. The Morgan fingerprint density at radius 1 is 1.19 bits per heavy atom. The minimum atomic E-state index is -4.35. The number of H-pyrrole nitrogens is 1. The smallest absolute Gasteiger partial charge is 0.352 e. The van der Waals surface area contributed by atoms with Gasteiger partial charge in [-0.05, 0) is 18.2 Å². The lowest BCUT2D eigenvalue weighted by Crippen LogP contribution is -2.14. The van der Waals surface area contributed by atoms with E-state index >= 15 is 0 Å². The maximum atomic E-state index is 13.4. The minimum Gasteiger partial charge on any atom is -0.477 e. The highest BCUT2D eigenvalue weighted by molar-refractivity contribution is 7.92. The molecule has 0 aliphatic heterocycles. The summed E-state index contributed by atoms with van der Waals surface area (Å²) < 4.78 is 64.6. The van der Waals surface area contributed by atoms with Crippen LogP contribution in [0.1, 0.15) is 10.5 Å². The predicted molar refractivity (Wildman–Crippen MR) is 64.9 cm³/mol. The Balaban J connectivity index is 2.37. The molecule has 0 radical (unpaired) electrons. The summed E-state index contributed by atoms with van der Waals surface area (Å²) in [6.45, 7) is 0. The molecule has 3 N–H and O–H groups in total. The van der Waals surface area contributed by atoms with E-state index in [0.717, 1.165) is 12.3 Å². The summed E-state index contributed by atoms with van der Waals surface area (Å²) in [6.07, 6.45) is 0.865. The Morgan fingerprint density at radius 2 is 1.86 bits per heavy atom. The third kappa shape index (κ3) is 2.84. The highest BCUT2D eigenvalue weighted by Crippen LogP contribution is 2.23. The molecule has 1 heterocycles. The highest BCUT2D eigenvalue weighted by Gasteiger charge is 2.22. The second kappa shape index (κ2) is 5.13. The first-order valence-corrected chi connectivity index (χ1v) is 6.78. The van der Waals surface area contributed by atoms with Crippen LogP contribution in [-0.4, -0.2) is 24.5 Å². The molecule has 0 atom stereocenters. The number of hydrogen-bond donors (Lipinski definition) is 3. The van der Waals surface area contributed by atoms with Crippen molar-refractivity contribution >= 4 is 21.7 Å². The molecule has 0 aliphatic carbocycles. The Morgan fingerprint density at radius 3 is 2.43 bits per heavy atom. The summed E-state index contributed by atoms with van der Waals surface area (Å²) >= 11 is 0. The van der Waals surface area contributed by atoms with Crippen molar-refractivity contribution in [2.24, 2.45) is 0 Å². The molecule has 0 saturated carbocycles. The molecule has 6 nitrogen and oxygen atoms in total. The molecule has 1 aromatic carbocycles. The number of carboxylic acids is 1. The SMILES string of the molecule is O=C(O)c1cc(S(=O)(=O)Nc2ccc(F)c(F)c2F)c[nH]1. The van der Waals surface area contributed by atoms with Crippen LogP contribution in [0.15, 0.2) is 29.3 Å². The fraction of sp³-hybridized carbons (Fsp3) is 0. The van der Waals surface area contributed by atoms with Gasteiger partial charge in [-0.25, -0.2) is 26.4 Å². The largest absolute Gasteiger partial charge is 0.477 e. The molecule has 112 valence electrons. The number of hydrogen-bond acceptors (Lipinski definition) is 3. The Bertz CT molecular complexity index is 817. The topological polar surface area (TPSA) is 99.3 Å². The summed E-state index contributed by atoms with van der Waals surface area (Å²) in [5.74, 6) is -6.39. The number of anilines is 1. The number of nitrogens with one attached hydrogen (secondary N) is 2. The Hall–Kier alpha value is -2.49. The van der Waals surface area contributed by atoms with Gasteiger partial charge in [-0.2, -0.15) is 0 Å². The molecule has 10 heteroatoms. The molecule has 0 amide bonds. The van der Waals surface area contributed by atoms with Crippen molar-refractivity contribution in [3.05, 3.63) is 47.5 Å². The van der Waals surface area contributed by atoms with Crippen LogP contribution in [0.2, 0.25) is 0 Å². The quantitative estimate of drug-likeness (QED) is 0.750. The minimum absolute atomic E-state index is 0.402. The van der Waals surface area contributed by atoms with Crippen molar-refractivity contribution in [2.45, 2.75) is 4.90 Å². The van der Waals surface area contributed by atoms with Crippen LogP contribution in [-0.2, 0) is 10.0 Å². The van der Waals surface area contributed by atoms with Crippen LogP contribution in [0.3, 0.4) is 0 Å². The monoisotopic (exact) mass is 320 g/mol. The number of sulfonamides is 1. The van der Waals surface area contributed by atoms with Crippen LogP contribution in [0.5, 0.6) is 0 Å². The lowest BCUT2D eigenvalue weighted by molar-refractivity contribution is 0.0691. The van der Waals surface area contributed by atoms with Gasteiger partial charge in [-0.3, -0.25) is 4.72 Å². The second-order valence-electron chi connectivity index (χ2n) is 3.88.